The number of aromatic nitrogens is 2. The molecule has 0 bridgehead atoms. The number of hydrogen-bond donors (Lipinski definition) is 2. The van der Waals surface area contributed by atoms with Crippen molar-refractivity contribution in [1.29, 1.82) is 0 Å². The van der Waals surface area contributed by atoms with E-state index >= 15 is 0 Å². The molecule has 17 heavy (non-hydrogen) atoms. The van der Waals surface area contributed by atoms with Crippen LogP contribution in [0.25, 0.3) is 0 Å². The van der Waals surface area contributed by atoms with Gasteiger partial charge in [-0.25, -0.2) is 18.1 Å². The fourth-order valence-corrected chi connectivity index (χ4v) is 2.45. The van der Waals surface area contributed by atoms with Crippen molar-refractivity contribution in [2.24, 2.45) is 12.8 Å². The predicted molar refractivity (Wildman–Crippen MR) is 69.2 cm³/mol. The molecule has 0 amide bonds. The van der Waals surface area contributed by atoms with Gasteiger partial charge >= 0.3 is 0 Å². The van der Waals surface area contributed by atoms with Gasteiger partial charge in [0.25, 0.3) is 10.0 Å². The number of imidazole rings is 1. The fraction of sp³-hybridized carbons (Fsp3) is 0.556. The molecule has 96 valence electrons. The molecule has 0 saturated heterocycles. The molecule has 1 rings (SSSR count). The lowest BCUT2D eigenvalue weighted by Gasteiger charge is -2.03. The first kappa shape index (κ1) is 14.1. The normalized spacial score (nSPS) is 11.6. The number of aryl methyl sites for hydroxylation is 2. The average Bonchev–Trinajstić information content (AvgIpc) is 2.55. The van der Waals surface area contributed by atoms with Crippen LogP contribution < -0.4 is 10.5 Å². The van der Waals surface area contributed by atoms with Crippen molar-refractivity contribution in [3.8, 4) is 0 Å². The Kier molecular flexibility index (Phi) is 4.61. The first-order valence-electron chi connectivity index (χ1n) is 5.11. The van der Waals surface area contributed by atoms with E-state index in [1.165, 1.54) is 6.20 Å². The molecule has 0 aliphatic rings. The third-order valence-electron chi connectivity index (χ3n) is 2.25. The van der Waals surface area contributed by atoms with E-state index in [9.17, 15) is 8.42 Å². The molecule has 0 spiro atoms. The molecule has 1 aromatic rings. The van der Waals surface area contributed by atoms with Gasteiger partial charge in [-0.15, -0.1) is 0 Å². The maximum absolute atomic E-state index is 11.8. The van der Waals surface area contributed by atoms with E-state index in [4.69, 9.17) is 18.0 Å². The highest BCUT2D eigenvalue weighted by Crippen LogP contribution is 2.07. The molecule has 0 radical (unpaired) electrons. The highest BCUT2D eigenvalue weighted by molar-refractivity contribution is 7.89. The van der Waals surface area contributed by atoms with E-state index in [-0.39, 0.29) is 5.03 Å². The monoisotopic (exact) mass is 276 g/mol. The maximum Gasteiger partial charge on any atom is 0.259 e. The van der Waals surface area contributed by atoms with Crippen LogP contribution in [0.5, 0.6) is 0 Å². The Labute approximate surface area is 106 Å². The van der Waals surface area contributed by atoms with Crippen LogP contribution in [0.15, 0.2) is 11.2 Å². The minimum atomic E-state index is -3.53. The fourth-order valence-electron chi connectivity index (χ4n) is 1.20. The summed E-state index contributed by atoms with van der Waals surface area (Å²) in [6.45, 7) is 2.04. The van der Waals surface area contributed by atoms with Gasteiger partial charge in [0, 0.05) is 19.8 Å². The van der Waals surface area contributed by atoms with Crippen molar-refractivity contribution in [2.75, 3.05) is 6.54 Å². The summed E-state index contributed by atoms with van der Waals surface area (Å²) >= 11 is 4.70. The molecule has 0 aliphatic carbocycles. The summed E-state index contributed by atoms with van der Waals surface area (Å²) < 4.78 is 27.7. The highest BCUT2D eigenvalue weighted by Gasteiger charge is 2.17. The molecule has 1 aromatic heterocycles. The van der Waals surface area contributed by atoms with Crippen LogP contribution in [0.1, 0.15) is 18.7 Å². The molecule has 1 heterocycles. The van der Waals surface area contributed by atoms with Crippen LogP contribution in [0.4, 0.5) is 0 Å². The van der Waals surface area contributed by atoms with E-state index in [0.29, 0.717) is 30.2 Å². The van der Waals surface area contributed by atoms with Crippen molar-refractivity contribution in [2.45, 2.75) is 24.8 Å². The lowest BCUT2D eigenvalue weighted by Crippen LogP contribution is -2.26. The highest BCUT2D eigenvalue weighted by atomic mass is 32.2. The average molecular weight is 276 g/mol. The van der Waals surface area contributed by atoms with Gasteiger partial charge in [0.2, 0.25) is 0 Å². The molecular weight excluding hydrogens is 260 g/mol. The largest absolute Gasteiger partial charge is 0.393 e. The number of nitrogens with two attached hydrogens (primary N) is 1. The molecular formula is C9H16N4O2S2. The minimum Gasteiger partial charge on any atom is -0.393 e. The topological polar surface area (TPSA) is 90.0 Å². The summed E-state index contributed by atoms with van der Waals surface area (Å²) in [6.07, 6.45) is 2.59. The van der Waals surface area contributed by atoms with Gasteiger partial charge in [-0.2, -0.15) is 0 Å². The molecule has 0 fully saturated rings. The zero-order valence-corrected chi connectivity index (χ0v) is 11.4. The van der Waals surface area contributed by atoms with E-state index in [1.54, 1.807) is 18.5 Å². The quantitative estimate of drug-likeness (QED) is 0.567. The second kappa shape index (κ2) is 5.56. The van der Waals surface area contributed by atoms with Gasteiger partial charge in [0.05, 0.1) is 4.99 Å². The first-order valence-corrected chi connectivity index (χ1v) is 7.00. The van der Waals surface area contributed by atoms with Crippen molar-refractivity contribution >= 4 is 27.2 Å². The second-order valence-electron chi connectivity index (χ2n) is 3.70. The van der Waals surface area contributed by atoms with Gasteiger partial charge in [0.1, 0.15) is 5.82 Å². The Morgan fingerprint density at radius 3 is 2.76 bits per heavy atom. The summed E-state index contributed by atoms with van der Waals surface area (Å²) in [5, 5.41) is 0.0350. The van der Waals surface area contributed by atoms with Gasteiger partial charge in [-0.05, 0) is 19.8 Å². The summed E-state index contributed by atoms with van der Waals surface area (Å²) in [5.41, 5.74) is 5.32. The first-order chi connectivity index (χ1) is 7.83. The number of rotatable bonds is 6. The molecule has 0 saturated carbocycles. The van der Waals surface area contributed by atoms with Crippen LogP contribution in [0, 0.1) is 6.92 Å². The maximum atomic E-state index is 11.8. The lowest BCUT2D eigenvalue weighted by molar-refractivity contribution is 0.576. The van der Waals surface area contributed by atoms with Crippen LogP contribution in [-0.4, -0.2) is 29.5 Å². The number of thiocarbonyl (C=S) groups is 1. The Balaban J connectivity index is 2.60. The smallest absolute Gasteiger partial charge is 0.259 e. The molecule has 8 heteroatoms. The Hall–Kier alpha value is -0.990. The zero-order valence-electron chi connectivity index (χ0n) is 9.80. The third-order valence-corrected chi connectivity index (χ3v) is 3.79. The Morgan fingerprint density at radius 2 is 2.29 bits per heavy atom. The van der Waals surface area contributed by atoms with E-state index in [1.807, 2.05) is 0 Å². The standard InChI is InChI=1S/C9H16N4O2S2/c1-7-12-9(6-13(7)2)17(14,15)11-5-3-4-8(10)16/h6,11H,3-5H2,1-2H3,(H2,10,16). The molecule has 0 aromatic carbocycles. The van der Waals surface area contributed by atoms with Crippen LogP contribution in [0.2, 0.25) is 0 Å². The van der Waals surface area contributed by atoms with Crippen LogP contribution >= 0.6 is 12.2 Å². The Bertz CT molecular complexity index is 488. The molecule has 6 nitrogen and oxygen atoms in total. The van der Waals surface area contributed by atoms with Gasteiger partial charge in [0.15, 0.2) is 5.03 Å². The van der Waals surface area contributed by atoms with Crippen molar-refractivity contribution < 1.29 is 8.42 Å². The Morgan fingerprint density at radius 1 is 1.65 bits per heavy atom. The van der Waals surface area contributed by atoms with Crippen molar-refractivity contribution in [3.63, 3.8) is 0 Å². The van der Waals surface area contributed by atoms with Crippen molar-refractivity contribution in [3.05, 3.63) is 12.0 Å². The zero-order chi connectivity index (χ0) is 13.1. The summed E-state index contributed by atoms with van der Waals surface area (Å²) in [5.74, 6) is 0.647. The summed E-state index contributed by atoms with van der Waals surface area (Å²) in [4.78, 5) is 4.34. The molecule has 0 aliphatic heterocycles. The summed E-state index contributed by atoms with van der Waals surface area (Å²) in [7, 11) is -1.78. The van der Waals surface area contributed by atoms with Crippen molar-refractivity contribution in [1.82, 2.24) is 14.3 Å². The molecule has 3 N–H and O–H groups in total. The van der Waals surface area contributed by atoms with E-state index in [2.05, 4.69) is 9.71 Å². The SMILES string of the molecule is Cc1nc(S(=O)(=O)NCCCC(N)=S)cn1C. The number of nitrogens with zero attached hydrogens (tertiary/aromatic N) is 2. The lowest BCUT2D eigenvalue weighted by atomic mass is 10.3. The predicted octanol–water partition coefficient (Wildman–Crippen LogP) is 0.0731. The third kappa shape index (κ3) is 4.06. The number of nitrogens with one attached hydrogen (secondary N) is 1. The van der Waals surface area contributed by atoms with Crippen LogP contribution in [-0.2, 0) is 17.1 Å². The van der Waals surface area contributed by atoms with E-state index < -0.39 is 10.0 Å². The minimum absolute atomic E-state index is 0.0350. The number of sulfonamides is 1. The molecule has 0 unspecified atom stereocenters. The summed E-state index contributed by atoms with van der Waals surface area (Å²) in [6, 6.07) is 0. The van der Waals surface area contributed by atoms with Crippen LogP contribution in [0.3, 0.4) is 0 Å². The van der Waals surface area contributed by atoms with Gasteiger partial charge < -0.3 is 10.3 Å². The van der Waals surface area contributed by atoms with E-state index in [0.717, 1.165) is 0 Å². The van der Waals surface area contributed by atoms with Gasteiger partial charge in [-0.1, -0.05) is 12.2 Å². The van der Waals surface area contributed by atoms with Gasteiger partial charge in [-0.3, -0.25) is 0 Å². The second-order valence-corrected chi connectivity index (χ2v) is 5.94. The molecule has 0 atom stereocenters. The number of hydrogen-bond acceptors (Lipinski definition) is 4.